The summed E-state index contributed by atoms with van der Waals surface area (Å²) in [7, 11) is 2.93. The zero-order chi connectivity index (χ0) is 13.7. The van der Waals surface area contributed by atoms with E-state index in [1.807, 2.05) is 0 Å². The van der Waals surface area contributed by atoms with Crippen LogP contribution in [0.1, 0.15) is 10.4 Å². The molecule has 1 aromatic rings. The molecule has 0 spiro atoms. The van der Waals surface area contributed by atoms with Gasteiger partial charge in [0.25, 0.3) is 5.91 Å². The minimum atomic E-state index is -0.805. The number of nitrogen functional groups attached to an aromatic ring is 1. The van der Waals surface area contributed by atoms with Crippen LogP contribution in [0.25, 0.3) is 0 Å². The maximum atomic E-state index is 13.5. The molecule has 0 aliphatic carbocycles. The number of likely N-dealkylation sites (N-methyl/N-ethyl adjacent to an activating group) is 1. The van der Waals surface area contributed by atoms with Gasteiger partial charge < -0.3 is 20.5 Å². The van der Waals surface area contributed by atoms with Crippen molar-refractivity contribution in [2.75, 3.05) is 33.0 Å². The Labute approximate surface area is 105 Å². The van der Waals surface area contributed by atoms with Crippen LogP contribution in [0.2, 0.25) is 0 Å². The Morgan fingerprint density at radius 1 is 1.61 bits per heavy atom. The van der Waals surface area contributed by atoms with Gasteiger partial charge in [-0.25, -0.2) is 4.39 Å². The summed E-state index contributed by atoms with van der Waals surface area (Å²) in [5, 5.41) is 9.50. The van der Waals surface area contributed by atoms with E-state index >= 15 is 0 Å². The van der Waals surface area contributed by atoms with Crippen LogP contribution in [0.15, 0.2) is 18.2 Å². The van der Waals surface area contributed by atoms with E-state index in [9.17, 15) is 14.3 Å². The minimum absolute atomic E-state index is 0.0660. The van der Waals surface area contributed by atoms with E-state index < -0.39 is 17.8 Å². The molecule has 0 fully saturated rings. The van der Waals surface area contributed by atoms with Gasteiger partial charge in [0.15, 0.2) is 0 Å². The van der Waals surface area contributed by atoms with E-state index in [0.29, 0.717) is 0 Å². The monoisotopic (exact) mass is 256 g/mol. The molecule has 0 bridgehead atoms. The van der Waals surface area contributed by atoms with E-state index in [1.165, 1.54) is 31.2 Å². The van der Waals surface area contributed by atoms with Crippen LogP contribution < -0.4 is 5.73 Å². The van der Waals surface area contributed by atoms with E-state index in [4.69, 9.17) is 10.5 Å². The van der Waals surface area contributed by atoms with Crippen molar-refractivity contribution in [3.63, 3.8) is 0 Å². The Balaban J connectivity index is 2.74. The molecule has 1 rings (SSSR count). The van der Waals surface area contributed by atoms with Gasteiger partial charge in [0.1, 0.15) is 5.82 Å². The summed E-state index contributed by atoms with van der Waals surface area (Å²) in [4.78, 5) is 13.1. The number of carbonyl (C=O) groups is 1. The molecule has 0 aliphatic rings. The molecule has 6 heteroatoms. The normalized spacial score (nSPS) is 12.2. The topological polar surface area (TPSA) is 75.8 Å². The van der Waals surface area contributed by atoms with Crippen LogP contribution in [0.3, 0.4) is 0 Å². The number of ether oxygens (including phenoxy) is 1. The highest BCUT2D eigenvalue weighted by molar-refractivity contribution is 5.94. The number of carbonyl (C=O) groups excluding carboxylic acids is 1. The number of benzene rings is 1. The number of nitrogens with two attached hydrogens (primary N) is 1. The smallest absolute Gasteiger partial charge is 0.256 e. The lowest BCUT2D eigenvalue weighted by Crippen LogP contribution is -2.36. The van der Waals surface area contributed by atoms with Gasteiger partial charge in [-0.1, -0.05) is 0 Å². The highest BCUT2D eigenvalue weighted by atomic mass is 19.1. The van der Waals surface area contributed by atoms with Crippen molar-refractivity contribution in [1.29, 1.82) is 0 Å². The number of aliphatic hydroxyl groups is 1. The Hall–Kier alpha value is -1.66. The lowest BCUT2D eigenvalue weighted by atomic mass is 10.1. The molecule has 1 atom stereocenters. The summed E-state index contributed by atoms with van der Waals surface area (Å²) in [6.07, 6.45) is -0.805. The second-order valence-electron chi connectivity index (χ2n) is 4.03. The molecule has 0 radical (unpaired) electrons. The second kappa shape index (κ2) is 6.32. The maximum Gasteiger partial charge on any atom is 0.256 e. The van der Waals surface area contributed by atoms with Gasteiger partial charge in [-0.3, -0.25) is 4.79 Å². The molecule has 1 unspecified atom stereocenters. The zero-order valence-corrected chi connectivity index (χ0v) is 10.4. The highest BCUT2D eigenvalue weighted by Crippen LogP contribution is 2.13. The molecule has 5 nitrogen and oxygen atoms in total. The number of halogens is 1. The van der Waals surface area contributed by atoms with Crippen LogP contribution >= 0.6 is 0 Å². The van der Waals surface area contributed by atoms with Crippen molar-refractivity contribution in [3.05, 3.63) is 29.6 Å². The first-order chi connectivity index (χ1) is 8.45. The molecule has 100 valence electrons. The van der Waals surface area contributed by atoms with E-state index in [1.54, 1.807) is 0 Å². The highest BCUT2D eigenvalue weighted by Gasteiger charge is 2.18. The summed E-state index contributed by atoms with van der Waals surface area (Å²) < 4.78 is 18.3. The third-order valence-corrected chi connectivity index (χ3v) is 2.41. The summed E-state index contributed by atoms with van der Waals surface area (Å²) >= 11 is 0. The number of hydrogen-bond donors (Lipinski definition) is 2. The summed E-state index contributed by atoms with van der Waals surface area (Å²) in [6.45, 7) is 0.179. The van der Waals surface area contributed by atoms with Gasteiger partial charge in [0.2, 0.25) is 0 Å². The van der Waals surface area contributed by atoms with Gasteiger partial charge >= 0.3 is 0 Å². The minimum Gasteiger partial charge on any atom is -0.399 e. The number of rotatable bonds is 5. The number of aliphatic hydroxyl groups excluding tert-OH is 1. The van der Waals surface area contributed by atoms with Crippen LogP contribution in [-0.4, -0.2) is 49.3 Å². The number of amides is 1. The first-order valence-electron chi connectivity index (χ1n) is 5.43. The SMILES string of the molecule is COCC(O)CN(C)C(=O)c1ccc(N)cc1F. The molecule has 3 N–H and O–H groups in total. The summed E-state index contributed by atoms with van der Waals surface area (Å²) in [5.41, 5.74) is 5.59. The predicted molar refractivity (Wildman–Crippen MR) is 65.7 cm³/mol. The first kappa shape index (κ1) is 14.4. The Morgan fingerprint density at radius 3 is 2.83 bits per heavy atom. The van der Waals surface area contributed by atoms with Crippen molar-refractivity contribution in [3.8, 4) is 0 Å². The number of nitrogens with zero attached hydrogens (tertiary/aromatic N) is 1. The van der Waals surface area contributed by atoms with Crippen molar-refractivity contribution in [2.45, 2.75) is 6.10 Å². The predicted octanol–water partition coefficient (Wildman–Crippen LogP) is 0.487. The van der Waals surface area contributed by atoms with Crippen LogP contribution in [0.5, 0.6) is 0 Å². The average molecular weight is 256 g/mol. The fourth-order valence-corrected chi connectivity index (χ4v) is 1.55. The molecule has 1 amide bonds. The second-order valence-corrected chi connectivity index (χ2v) is 4.03. The van der Waals surface area contributed by atoms with Gasteiger partial charge in [0.05, 0.1) is 18.3 Å². The summed E-state index contributed by atoms with van der Waals surface area (Å²) in [5.74, 6) is -1.18. The number of methoxy groups -OCH3 is 1. The van der Waals surface area contributed by atoms with Gasteiger partial charge in [-0.15, -0.1) is 0 Å². The van der Waals surface area contributed by atoms with Gasteiger partial charge in [0, 0.05) is 26.4 Å². The Kier molecular flexibility index (Phi) is 5.06. The Morgan fingerprint density at radius 2 is 2.28 bits per heavy atom. The molecule has 0 heterocycles. The van der Waals surface area contributed by atoms with Crippen molar-refractivity contribution in [1.82, 2.24) is 4.90 Å². The lowest BCUT2D eigenvalue weighted by molar-refractivity contribution is 0.0378. The largest absolute Gasteiger partial charge is 0.399 e. The molecule has 0 aliphatic heterocycles. The quantitative estimate of drug-likeness (QED) is 0.752. The maximum absolute atomic E-state index is 13.5. The fraction of sp³-hybridized carbons (Fsp3) is 0.417. The van der Waals surface area contributed by atoms with Crippen molar-refractivity contribution < 1.29 is 19.0 Å². The van der Waals surface area contributed by atoms with Gasteiger partial charge in [-0.05, 0) is 18.2 Å². The first-order valence-corrected chi connectivity index (χ1v) is 5.43. The third kappa shape index (κ3) is 3.68. The van der Waals surface area contributed by atoms with E-state index in [-0.39, 0.29) is 24.4 Å². The van der Waals surface area contributed by atoms with Crippen LogP contribution in [-0.2, 0) is 4.74 Å². The zero-order valence-electron chi connectivity index (χ0n) is 10.4. The number of anilines is 1. The molecule has 1 aromatic carbocycles. The lowest BCUT2D eigenvalue weighted by Gasteiger charge is -2.20. The number of hydrogen-bond acceptors (Lipinski definition) is 4. The molecule has 0 saturated heterocycles. The van der Waals surface area contributed by atoms with Crippen molar-refractivity contribution in [2.24, 2.45) is 0 Å². The van der Waals surface area contributed by atoms with Gasteiger partial charge in [-0.2, -0.15) is 0 Å². The van der Waals surface area contributed by atoms with E-state index in [0.717, 1.165) is 6.07 Å². The van der Waals surface area contributed by atoms with E-state index in [2.05, 4.69) is 0 Å². The molecule has 18 heavy (non-hydrogen) atoms. The fourth-order valence-electron chi connectivity index (χ4n) is 1.55. The van der Waals surface area contributed by atoms with Crippen LogP contribution in [0.4, 0.5) is 10.1 Å². The average Bonchev–Trinajstić information content (AvgIpc) is 2.28. The Bertz CT molecular complexity index is 426. The third-order valence-electron chi connectivity index (χ3n) is 2.41. The molecular weight excluding hydrogens is 239 g/mol. The molecular formula is C12H17FN2O3. The summed E-state index contributed by atoms with van der Waals surface area (Å²) in [6, 6.07) is 3.87. The van der Waals surface area contributed by atoms with Crippen molar-refractivity contribution >= 4 is 11.6 Å². The molecule has 0 aromatic heterocycles. The molecule has 0 saturated carbocycles. The standard InChI is InChI=1S/C12H17FN2O3/c1-15(6-9(16)7-18-2)12(17)10-4-3-8(14)5-11(10)13/h3-5,9,16H,6-7,14H2,1-2H3. The van der Waals surface area contributed by atoms with Crippen LogP contribution in [0, 0.1) is 5.82 Å².